The average Bonchev–Trinajstić information content (AvgIpc) is 2.62. The molecule has 26 heavy (non-hydrogen) atoms. The standard InChI is InChI=1S/C17H23ClN4O4/c1-26-16(24)15(12-4-2-3-5-13(12)18)22-10-8-21(9-11-22)7-6-14(23)20-17(19)25/h2-5,15H,6-11H2,1H3,(H3,19,20,23,25). The van der Waals surface area contributed by atoms with Crippen LogP contribution in [0.1, 0.15) is 18.0 Å². The Kier molecular flexibility index (Phi) is 7.38. The molecule has 1 saturated heterocycles. The lowest BCUT2D eigenvalue weighted by Gasteiger charge is -2.38. The molecular formula is C17H23ClN4O4. The molecule has 1 atom stereocenters. The van der Waals surface area contributed by atoms with E-state index in [1.807, 2.05) is 28.4 Å². The fraction of sp³-hybridized carbons (Fsp3) is 0.471. The Morgan fingerprint density at radius 3 is 2.46 bits per heavy atom. The fourth-order valence-electron chi connectivity index (χ4n) is 2.99. The minimum atomic E-state index is -0.847. The number of hydrogen-bond donors (Lipinski definition) is 2. The first kappa shape index (κ1) is 20.2. The lowest BCUT2D eigenvalue weighted by atomic mass is 10.0. The Bertz CT molecular complexity index is 662. The molecule has 0 spiro atoms. The van der Waals surface area contributed by atoms with Crippen LogP contribution in [0.25, 0.3) is 0 Å². The zero-order valence-corrected chi connectivity index (χ0v) is 15.4. The molecule has 0 radical (unpaired) electrons. The Hall–Kier alpha value is -2.16. The van der Waals surface area contributed by atoms with Crippen LogP contribution in [-0.2, 0) is 14.3 Å². The van der Waals surface area contributed by atoms with E-state index in [0.717, 1.165) is 5.56 Å². The number of nitrogens with two attached hydrogens (primary N) is 1. The highest BCUT2D eigenvalue weighted by Crippen LogP contribution is 2.29. The Morgan fingerprint density at radius 2 is 1.88 bits per heavy atom. The SMILES string of the molecule is COC(=O)C(c1ccccc1Cl)N1CCN(CCC(=O)NC(N)=O)CC1. The zero-order valence-electron chi connectivity index (χ0n) is 14.6. The third-order valence-corrected chi connectivity index (χ3v) is 4.66. The first-order valence-electron chi connectivity index (χ1n) is 8.30. The van der Waals surface area contributed by atoms with Crippen molar-refractivity contribution in [1.29, 1.82) is 0 Å². The van der Waals surface area contributed by atoms with E-state index < -0.39 is 18.0 Å². The number of halogens is 1. The van der Waals surface area contributed by atoms with E-state index in [2.05, 4.69) is 4.90 Å². The van der Waals surface area contributed by atoms with E-state index >= 15 is 0 Å². The van der Waals surface area contributed by atoms with Gasteiger partial charge in [-0.3, -0.25) is 15.0 Å². The van der Waals surface area contributed by atoms with Crippen LogP contribution in [0.3, 0.4) is 0 Å². The second kappa shape index (κ2) is 9.51. The number of hydrogen-bond acceptors (Lipinski definition) is 6. The number of ether oxygens (including phenoxy) is 1. The molecular weight excluding hydrogens is 360 g/mol. The highest BCUT2D eigenvalue weighted by Gasteiger charge is 2.32. The molecule has 0 saturated carbocycles. The van der Waals surface area contributed by atoms with E-state index in [0.29, 0.717) is 37.7 Å². The molecule has 8 nitrogen and oxygen atoms in total. The molecule has 3 N–H and O–H groups in total. The topological polar surface area (TPSA) is 105 Å². The highest BCUT2D eigenvalue weighted by molar-refractivity contribution is 6.31. The molecule has 0 aromatic heterocycles. The van der Waals surface area contributed by atoms with E-state index in [1.165, 1.54) is 7.11 Å². The first-order valence-corrected chi connectivity index (χ1v) is 8.68. The van der Waals surface area contributed by atoms with Crippen LogP contribution in [0.15, 0.2) is 24.3 Å². The monoisotopic (exact) mass is 382 g/mol. The van der Waals surface area contributed by atoms with Gasteiger partial charge in [0.1, 0.15) is 6.04 Å². The van der Waals surface area contributed by atoms with Crippen molar-refractivity contribution in [3.63, 3.8) is 0 Å². The normalized spacial score (nSPS) is 16.7. The summed E-state index contributed by atoms with van der Waals surface area (Å²) in [6.45, 7) is 3.14. The number of nitrogens with one attached hydrogen (secondary N) is 1. The Labute approximate surface area is 157 Å². The van der Waals surface area contributed by atoms with E-state index in [4.69, 9.17) is 22.1 Å². The van der Waals surface area contributed by atoms with E-state index in [-0.39, 0.29) is 12.4 Å². The molecule has 1 aliphatic rings. The minimum Gasteiger partial charge on any atom is -0.468 e. The number of urea groups is 1. The van der Waals surface area contributed by atoms with Gasteiger partial charge in [-0.25, -0.2) is 9.59 Å². The van der Waals surface area contributed by atoms with E-state index in [1.54, 1.807) is 6.07 Å². The van der Waals surface area contributed by atoms with Crippen molar-refractivity contribution < 1.29 is 19.1 Å². The maximum atomic E-state index is 12.3. The summed E-state index contributed by atoms with van der Waals surface area (Å²) in [7, 11) is 1.36. The number of nitrogens with zero attached hydrogens (tertiary/aromatic N) is 2. The summed E-state index contributed by atoms with van der Waals surface area (Å²) in [6, 6.07) is 5.82. The molecule has 1 heterocycles. The van der Waals surface area contributed by atoms with Gasteiger partial charge in [-0.2, -0.15) is 0 Å². The van der Waals surface area contributed by atoms with E-state index in [9.17, 15) is 14.4 Å². The molecule has 3 amide bonds. The second-order valence-electron chi connectivity index (χ2n) is 5.99. The summed E-state index contributed by atoms with van der Waals surface area (Å²) >= 11 is 6.27. The highest BCUT2D eigenvalue weighted by atomic mass is 35.5. The average molecular weight is 383 g/mol. The number of rotatable bonds is 6. The summed E-state index contributed by atoms with van der Waals surface area (Å²) in [5.74, 6) is -0.754. The van der Waals surface area contributed by atoms with Gasteiger partial charge in [-0.05, 0) is 11.6 Å². The number of methoxy groups -OCH3 is 1. The molecule has 1 aliphatic heterocycles. The third kappa shape index (κ3) is 5.42. The van der Waals surface area contributed by atoms with Gasteiger partial charge in [-0.1, -0.05) is 29.8 Å². The molecule has 9 heteroatoms. The van der Waals surface area contributed by atoms with Crippen molar-refractivity contribution in [2.45, 2.75) is 12.5 Å². The quantitative estimate of drug-likeness (QED) is 0.704. The molecule has 1 aromatic carbocycles. The number of carbonyl (C=O) groups excluding carboxylic acids is 3. The number of primary amides is 1. The lowest BCUT2D eigenvalue weighted by Crippen LogP contribution is -2.50. The van der Waals surface area contributed by atoms with Crippen LogP contribution in [0.2, 0.25) is 5.02 Å². The molecule has 0 bridgehead atoms. The molecule has 1 aromatic rings. The van der Waals surface area contributed by atoms with Crippen molar-refractivity contribution in [2.75, 3.05) is 39.8 Å². The lowest BCUT2D eigenvalue weighted by molar-refractivity contribution is -0.148. The van der Waals surface area contributed by atoms with Gasteiger partial charge >= 0.3 is 12.0 Å². The number of carbonyl (C=O) groups is 3. The van der Waals surface area contributed by atoms with Crippen LogP contribution in [-0.4, -0.2) is 67.5 Å². The van der Waals surface area contributed by atoms with Crippen LogP contribution >= 0.6 is 11.6 Å². The van der Waals surface area contributed by atoms with Gasteiger partial charge in [0, 0.05) is 44.2 Å². The molecule has 2 rings (SSSR count). The van der Waals surface area contributed by atoms with Crippen LogP contribution in [0.4, 0.5) is 4.79 Å². The molecule has 1 fully saturated rings. The van der Waals surface area contributed by atoms with Crippen LogP contribution in [0, 0.1) is 0 Å². The Morgan fingerprint density at radius 1 is 1.23 bits per heavy atom. The first-order chi connectivity index (χ1) is 12.4. The van der Waals surface area contributed by atoms with Crippen molar-refractivity contribution in [2.24, 2.45) is 5.73 Å². The maximum absolute atomic E-state index is 12.3. The van der Waals surface area contributed by atoms with Gasteiger partial charge in [0.25, 0.3) is 0 Å². The van der Waals surface area contributed by atoms with Gasteiger partial charge in [0.2, 0.25) is 5.91 Å². The van der Waals surface area contributed by atoms with Crippen molar-refractivity contribution in [1.82, 2.24) is 15.1 Å². The van der Waals surface area contributed by atoms with Gasteiger partial charge in [0.05, 0.1) is 7.11 Å². The fourth-order valence-corrected chi connectivity index (χ4v) is 3.23. The number of imide groups is 1. The zero-order chi connectivity index (χ0) is 19.1. The molecule has 1 unspecified atom stereocenters. The maximum Gasteiger partial charge on any atom is 0.327 e. The number of piperazine rings is 1. The summed E-state index contributed by atoms with van der Waals surface area (Å²) in [5.41, 5.74) is 5.63. The molecule has 0 aliphatic carbocycles. The molecule has 142 valence electrons. The summed E-state index contributed by atoms with van der Waals surface area (Å²) in [5, 5.41) is 2.57. The van der Waals surface area contributed by atoms with Gasteiger partial charge in [0.15, 0.2) is 0 Å². The van der Waals surface area contributed by atoms with Crippen molar-refractivity contribution in [3.05, 3.63) is 34.9 Å². The predicted molar refractivity (Wildman–Crippen MR) is 96.6 cm³/mol. The smallest absolute Gasteiger partial charge is 0.327 e. The number of amides is 3. The van der Waals surface area contributed by atoms with Crippen molar-refractivity contribution in [3.8, 4) is 0 Å². The van der Waals surface area contributed by atoms with Crippen LogP contribution < -0.4 is 11.1 Å². The minimum absolute atomic E-state index is 0.188. The number of benzene rings is 1. The van der Waals surface area contributed by atoms with Crippen LogP contribution in [0.5, 0.6) is 0 Å². The second-order valence-corrected chi connectivity index (χ2v) is 6.39. The summed E-state index contributed by atoms with van der Waals surface area (Å²) in [4.78, 5) is 38.6. The largest absolute Gasteiger partial charge is 0.468 e. The van der Waals surface area contributed by atoms with Gasteiger partial charge < -0.3 is 15.4 Å². The van der Waals surface area contributed by atoms with Crippen molar-refractivity contribution >= 4 is 29.5 Å². The summed E-state index contributed by atoms with van der Waals surface area (Å²) < 4.78 is 4.97. The number of esters is 1. The predicted octanol–water partition coefficient (Wildman–Crippen LogP) is 0.757. The van der Waals surface area contributed by atoms with Gasteiger partial charge in [-0.15, -0.1) is 0 Å². The third-order valence-electron chi connectivity index (χ3n) is 4.31. The Balaban J connectivity index is 1.95. The summed E-state index contributed by atoms with van der Waals surface area (Å²) in [6.07, 6.45) is 0.188.